The van der Waals surface area contributed by atoms with Crippen LogP contribution in [-0.4, -0.2) is 36.6 Å². The van der Waals surface area contributed by atoms with Crippen LogP contribution in [0.15, 0.2) is 48.8 Å². The van der Waals surface area contributed by atoms with Crippen LogP contribution in [0.25, 0.3) is 16.6 Å². The summed E-state index contributed by atoms with van der Waals surface area (Å²) in [4.78, 5) is 13.7. The van der Waals surface area contributed by atoms with Gasteiger partial charge in [-0.1, -0.05) is 18.2 Å². The van der Waals surface area contributed by atoms with E-state index in [0.717, 1.165) is 42.4 Å². The Morgan fingerprint density at radius 3 is 2.75 bits per heavy atom. The van der Waals surface area contributed by atoms with Gasteiger partial charge in [-0.15, -0.1) is 5.10 Å². The number of nitrogens with two attached hydrogens (primary N) is 1. The molecule has 0 radical (unpaired) electrons. The summed E-state index contributed by atoms with van der Waals surface area (Å²) in [6.45, 7) is 0. The van der Waals surface area contributed by atoms with Crippen molar-refractivity contribution in [3.05, 3.63) is 48.8 Å². The van der Waals surface area contributed by atoms with Gasteiger partial charge in [-0.2, -0.15) is 4.98 Å². The highest BCUT2D eigenvalue weighted by Gasteiger charge is 2.20. The number of imidazole rings is 1. The molecule has 142 valence electrons. The molecule has 4 N–H and O–H groups in total. The number of hydrogen-bond acceptors (Lipinski definition) is 7. The van der Waals surface area contributed by atoms with E-state index in [0.29, 0.717) is 29.5 Å². The van der Waals surface area contributed by atoms with Gasteiger partial charge in [0.05, 0.1) is 5.52 Å². The Morgan fingerprint density at radius 2 is 1.86 bits per heavy atom. The van der Waals surface area contributed by atoms with Gasteiger partial charge in [0, 0.05) is 29.9 Å². The van der Waals surface area contributed by atoms with Crippen molar-refractivity contribution in [1.82, 2.24) is 24.6 Å². The number of aromatic nitrogens is 5. The number of fused-ring (bicyclic) bond motifs is 2. The first kappa shape index (κ1) is 16.9. The molecule has 1 fully saturated rings. The van der Waals surface area contributed by atoms with Crippen molar-refractivity contribution in [1.29, 1.82) is 0 Å². The summed E-state index contributed by atoms with van der Waals surface area (Å²) in [7, 11) is 0. The molecule has 0 bridgehead atoms. The van der Waals surface area contributed by atoms with Gasteiger partial charge in [0.2, 0.25) is 5.95 Å². The molecular weight excluding hydrogens is 352 g/mol. The number of rotatable bonds is 4. The lowest BCUT2D eigenvalue weighted by Gasteiger charge is -2.26. The molecule has 4 aromatic rings. The highest BCUT2D eigenvalue weighted by Crippen LogP contribution is 2.23. The maximum Gasteiger partial charge on any atom is 0.243 e. The summed E-state index contributed by atoms with van der Waals surface area (Å²) >= 11 is 0. The second-order valence-electron chi connectivity index (χ2n) is 7.25. The lowest BCUT2D eigenvalue weighted by atomic mass is 9.92. The first-order valence-electron chi connectivity index (χ1n) is 9.61. The zero-order valence-electron chi connectivity index (χ0n) is 15.4. The fraction of sp³-hybridized carbons (Fsp3) is 0.300. The molecular formula is C20H22N8. The van der Waals surface area contributed by atoms with Crippen molar-refractivity contribution in [2.45, 2.75) is 37.8 Å². The molecule has 8 nitrogen and oxygen atoms in total. The Kier molecular flexibility index (Phi) is 4.25. The first-order chi connectivity index (χ1) is 13.7. The molecule has 1 aliphatic carbocycles. The van der Waals surface area contributed by atoms with Gasteiger partial charge < -0.3 is 16.4 Å². The summed E-state index contributed by atoms with van der Waals surface area (Å²) in [6, 6.07) is 12.7. The molecule has 0 amide bonds. The van der Waals surface area contributed by atoms with E-state index in [2.05, 4.69) is 30.7 Å². The number of benzene rings is 1. The summed E-state index contributed by atoms with van der Waals surface area (Å²) in [6.07, 6.45) is 7.64. The average Bonchev–Trinajstić information content (AvgIpc) is 3.19. The number of pyridine rings is 1. The zero-order chi connectivity index (χ0) is 18.9. The number of anilines is 3. The van der Waals surface area contributed by atoms with Crippen LogP contribution >= 0.6 is 0 Å². The lowest BCUT2D eigenvalue weighted by Crippen LogP contribution is -2.33. The summed E-state index contributed by atoms with van der Waals surface area (Å²) < 4.78 is 1.73. The second kappa shape index (κ2) is 7.05. The van der Waals surface area contributed by atoms with Crippen LogP contribution in [0.4, 0.5) is 17.6 Å². The summed E-state index contributed by atoms with van der Waals surface area (Å²) in [5.74, 6) is 1.92. The number of nitrogens with one attached hydrogen (secondary N) is 2. The molecule has 0 unspecified atom stereocenters. The van der Waals surface area contributed by atoms with Crippen LogP contribution in [0.3, 0.4) is 0 Å². The standard InChI is InChI=1S/C20H22N8/c21-14-6-8-15(9-7-14)23-20-26-18(19-22-11-12-28(19)27-20)25-17-10-5-13-3-1-2-4-16(13)24-17/h1-5,10-12,14-15H,6-9,21H2,(H2,23,24,25,26,27). The third-order valence-electron chi connectivity index (χ3n) is 5.20. The third-order valence-corrected chi connectivity index (χ3v) is 5.20. The van der Waals surface area contributed by atoms with E-state index in [-0.39, 0.29) is 0 Å². The van der Waals surface area contributed by atoms with Crippen molar-refractivity contribution in [3.8, 4) is 0 Å². The van der Waals surface area contributed by atoms with Gasteiger partial charge in [0.25, 0.3) is 0 Å². The fourth-order valence-corrected chi connectivity index (χ4v) is 3.68. The first-order valence-corrected chi connectivity index (χ1v) is 9.61. The van der Waals surface area contributed by atoms with Gasteiger partial charge in [-0.25, -0.2) is 14.5 Å². The maximum absolute atomic E-state index is 6.01. The average molecular weight is 374 g/mol. The summed E-state index contributed by atoms with van der Waals surface area (Å²) in [5.41, 5.74) is 7.60. The fourth-order valence-electron chi connectivity index (χ4n) is 3.68. The highest BCUT2D eigenvalue weighted by molar-refractivity contribution is 5.81. The topological polar surface area (TPSA) is 106 Å². The van der Waals surface area contributed by atoms with Crippen LogP contribution in [0.2, 0.25) is 0 Å². The molecule has 1 aromatic carbocycles. The van der Waals surface area contributed by atoms with E-state index in [1.807, 2.05) is 42.6 Å². The summed E-state index contributed by atoms with van der Waals surface area (Å²) in [5, 5.41) is 12.4. The van der Waals surface area contributed by atoms with Crippen molar-refractivity contribution >= 4 is 34.1 Å². The predicted octanol–water partition coefficient (Wildman–Crippen LogP) is 3.10. The van der Waals surface area contributed by atoms with E-state index in [1.165, 1.54) is 0 Å². The van der Waals surface area contributed by atoms with Crippen LogP contribution in [0.5, 0.6) is 0 Å². The van der Waals surface area contributed by atoms with Gasteiger partial charge in [0.15, 0.2) is 11.5 Å². The monoisotopic (exact) mass is 374 g/mol. The van der Waals surface area contributed by atoms with Gasteiger partial charge in [0.1, 0.15) is 5.82 Å². The van der Waals surface area contributed by atoms with Crippen LogP contribution < -0.4 is 16.4 Å². The quantitative estimate of drug-likeness (QED) is 0.504. The minimum absolute atomic E-state index is 0.311. The molecule has 1 saturated carbocycles. The van der Waals surface area contributed by atoms with E-state index < -0.39 is 0 Å². The van der Waals surface area contributed by atoms with Gasteiger partial charge >= 0.3 is 0 Å². The Bertz CT molecular complexity index is 1110. The third kappa shape index (κ3) is 3.34. The molecule has 8 heteroatoms. The van der Waals surface area contributed by atoms with E-state index in [9.17, 15) is 0 Å². The molecule has 0 aliphatic heterocycles. The lowest BCUT2D eigenvalue weighted by molar-refractivity contribution is 0.409. The van der Waals surface area contributed by atoms with Crippen molar-refractivity contribution in [2.75, 3.05) is 10.6 Å². The minimum Gasteiger partial charge on any atom is -0.350 e. The Balaban J connectivity index is 1.45. The van der Waals surface area contributed by atoms with E-state index >= 15 is 0 Å². The van der Waals surface area contributed by atoms with Gasteiger partial charge in [-0.3, -0.25) is 0 Å². The Hall–Kier alpha value is -3.26. The molecule has 0 spiro atoms. The van der Waals surface area contributed by atoms with Crippen LogP contribution in [-0.2, 0) is 0 Å². The Morgan fingerprint density at radius 1 is 1.00 bits per heavy atom. The molecule has 1 aliphatic rings. The zero-order valence-corrected chi connectivity index (χ0v) is 15.4. The molecule has 0 atom stereocenters. The SMILES string of the molecule is NC1CCC(Nc2nc(Nc3ccc4ccccc4n3)c3nccn3n2)CC1. The van der Waals surface area contributed by atoms with E-state index in [1.54, 1.807) is 10.7 Å². The number of hydrogen-bond donors (Lipinski definition) is 3. The minimum atomic E-state index is 0.311. The molecule has 3 heterocycles. The van der Waals surface area contributed by atoms with Crippen LogP contribution in [0, 0.1) is 0 Å². The number of para-hydroxylation sites is 1. The molecule has 28 heavy (non-hydrogen) atoms. The van der Waals surface area contributed by atoms with E-state index in [4.69, 9.17) is 5.73 Å². The second-order valence-corrected chi connectivity index (χ2v) is 7.25. The van der Waals surface area contributed by atoms with Gasteiger partial charge in [-0.05, 0) is 43.9 Å². The molecule has 3 aromatic heterocycles. The Labute approximate surface area is 162 Å². The van der Waals surface area contributed by atoms with Crippen LogP contribution in [0.1, 0.15) is 25.7 Å². The molecule has 0 saturated heterocycles. The van der Waals surface area contributed by atoms with Crippen molar-refractivity contribution in [3.63, 3.8) is 0 Å². The largest absolute Gasteiger partial charge is 0.350 e. The highest BCUT2D eigenvalue weighted by atomic mass is 15.3. The predicted molar refractivity (Wildman–Crippen MR) is 110 cm³/mol. The smallest absolute Gasteiger partial charge is 0.243 e. The van der Waals surface area contributed by atoms with Crippen molar-refractivity contribution in [2.24, 2.45) is 5.73 Å². The van der Waals surface area contributed by atoms with Crippen molar-refractivity contribution < 1.29 is 0 Å². The molecule has 5 rings (SSSR count). The normalized spacial score (nSPS) is 19.8. The number of nitrogens with zero attached hydrogens (tertiary/aromatic N) is 5. The maximum atomic E-state index is 6.01.